The number of carbonyl (C=O) groups excluding carboxylic acids is 1. The van der Waals surface area contributed by atoms with Crippen LogP contribution in [-0.2, 0) is 12.8 Å². The molecule has 0 bridgehead atoms. The molecule has 0 saturated heterocycles. The van der Waals surface area contributed by atoms with Crippen LogP contribution in [0.4, 0.5) is 5.69 Å². The molecular weight excluding hydrogens is 346 g/mol. The van der Waals surface area contributed by atoms with E-state index in [1.807, 2.05) is 18.2 Å². The van der Waals surface area contributed by atoms with Gasteiger partial charge in [-0.1, -0.05) is 36.4 Å². The van der Waals surface area contributed by atoms with Crippen molar-refractivity contribution < 1.29 is 9.72 Å². The topological polar surface area (TPSA) is 113 Å². The number of aryl methyl sites for hydroxylation is 1. The Morgan fingerprint density at radius 3 is 2.81 bits per heavy atom. The molecule has 0 radical (unpaired) electrons. The zero-order chi connectivity index (χ0) is 18.8. The number of fused-ring (bicyclic) bond motifs is 3. The van der Waals surface area contributed by atoms with Crippen molar-refractivity contribution in [3.05, 3.63) is 81.0 Å². The maximum absolute atomic E-state index is 12.5. The van der Waals surface area contributed by atoms with Gasteiger partial charge in [0.25, 0.3) is 11.6 Å². The van der Waals surface area contributed by atoms with Crippen LogP contribution in [0, 0.1) is 10.1 Å². The van der Waals surface area contributed by atoms with Crippen LogP contribution in [0.3, 0.4) is 0 Å². The average molecular weight is 361 g/mol. The van der Waals surface area contributed by atoms with E-state index in [4.69, 9.17) is 0 Å². The third kappa shape index (κ3) is 3.08. The summed E-state index contributed by atoms with van der Waals surface area (Å²) >= 11 is 0. The number of amides is 1. The van der Waals surface area contributed by atoms with E-state index >= 15 is 0 Å². The Labute approximate surface area is 154 Å². The largest absolute Gasteiger partial charge is 0.289 e. The van der Waals surface area contributed by atoms with E-state index in [0.717, 1.165) is 23.2 Å². The molecule has 0 spiro atoms. The highest BCUT2D eigenvalue weighted by Crippen LogP contribution is 2.33. The smallest absolute Gasteiger partial charge is 0.272 e. The Balaban J connectivity index is 1.55. The van der Waals surface area contributed by atoms with E-state index in [9.17, 15) is 14.9 Å². The molecule has 134 valence electrons. The van der Waals surface area contributed by atoms with Crippen molar-refractivity contribution >= 4 is 17.8 Å². The Morgan fingerprint density at radius 2 is 1.96 bits per heavy atom. The number of carbonyl (C=O) groups is 1. The molecule has 2 N–H and O–H groups in total. The molecular formula is C19H15N5O3. The number of hydrogen-bond donors (Lipinski definition) is 2. The Morgan fingerprint density at radius 1 is 1.19 bits per heavy atom. The summed E-state index contributed by atoms with van der Waals surface area (Å²) in [6.07, 6.45) is 2.80. The predicted molar refractivity (Wildman–Crippen MR) is 99.6 cm³/mol. The van der Waals surface area contributed by atoms with Crippen LogP contribution in [0.15, 0.2) is 53.6 Å². The molecule has 4 rings (SSSR count). The molecule has 0 unspecified atom stereocenters. The van der Waals surface area contributed by atoms with Gasteiger partial charge in [0.2, 0.25) is 0 Å². The third-order valence-electron chi connectivity index (χ3n) is 4.51. The number of nitrogens with zero attached hydrogens (tertiary/aromatic N) is 3. The summed E-state index contributed by atoms with van der Waals surface area (Å²) in [7, 11) is 0. The number of benzene rings is 2. The van der Waals surface area contributed by atoms with Gasteiger partial charge >= 0.3 is 0 Å². The fourth-order valence-corrected chi connectivity index (χ4v) is 3.23. The van der Waals surface area contributed by atoms with Crippen molar-refractivity contribution in [3.8, 4) is 11.3 Å². The maximum atomic E-state index is 12.5. The van der Waals surface area contributed by atoms with Gasteiger partial charge in [0, 0.05) is 17.2 Å². The summed E-state index contributed by atoms with van der Waals surface area (Å²) in [6, 6.07) is 14.2. The highest BCUT2D eigenvalue weighted by atomic mass is 16.6. The zero-order valence-electron chi connectivity index (χ0n) is 14.2. The number of para-hydroxylation sites is 1. The van der Waals surface area contributed by atoms with E-state index in [-0.39, 0.29) is 5.69 Å². The second-order valence-electron chi connectivity index (χ2n) is 6.10. The normalized spacial score (nSPS) is 12.4. The first-order chi connectivity index (χ1) is 13.1. The fraction of sp³-hybridized carbons (Fsp3) is 0.105. The maximum Gasteiger partial charge on any atom is 0.289 e. The Bertz CT molecular complexity index is 1070. The van der Waals surface area contributed by atoms with Crippen LogP contribution in [0.1, 0.15) is 27.2 Å². The summed E-state index contributed by atoms with van der Waals surface area (Å²) in [5, 5.41) is 22.0. The molecule has 0 atom stereocenters. The van der Waals surface area contributed by atoms with Crippen LogP contribution >= 0.6 is 0 Å². The monoisotopic (exact) mass is 361 g/mol. The molecule has 0 saturated carbocycles. The lowest BCUT2D eigenvalue weighted by molar-refractivity contribution is -0.385. The first kappa shape index (κ1) is 16.6. The number of nitro benzene ring substituents is 1. The van der Waals surface area contributed by atoms with Crippen LogP contribution in [0.25, 0.3) is 11.3 Å². The predicted octanol–water partition coefficient (Wildman–Crippen LogP) is 2.85. The molecule has 0 aliphatic heterocycles. The van der Waals surface area contributed by atoms with Crippen molar-refractivity contribution in [3.63, 3.8) is 0 Å². The van der Waals surface area contributed by atoms with Crippen LogP contribution in [0.5, 0.6) is 0 Å². The average Bonchev–Trinajstić information content (AvgIpc) is 3.13. The number of H-pyrrole nitrogens is 1. The lowest BCUT2D eigenvalue weighted by Crippen LogP contribution is -2.20. The minimum Gasteiger partial charge on any atom is -0.272 e. The van der Waals surface area contributed by atoms with Crippen molar-refractivity contribution in [1.29, 1.82) is 0 Å². The number of aromatic amines is 1. The first-order valence-corrected chi connectivity index (χ1v) is 8.37. The van der Waals surface area contributed by atoms with Crippen LogP contribution in [0.2, 0.25) is 0 Å². The summed E-state index contributed by atoms with van der Waals surface area (Å²) in [6.45, 7) is 0. The van der Waals surface area contributed by atoms with Gasteiger partial charge in [0.1, 0.15) is 5.69 Å². The first-order valence-electron chi connectivity index (χ1n) is 8.37. The lowest BCUT2D eigenvalue weighted by Gasteiger charge is -2.15. The van der Waals surface area contributed by atoms with Crippen LogP contribution in [-0.4, -0.2) is 27.2 Å². The van der Waals surface area contributed by atoms with Crippen molar-refractivity contribution in [2.45, 2.75) is 12.8 Å². The summed E-state index contributed by atoms with van der Waals surface area (Å²) in [4.78, 5) is 23.0. The van der Waals surface area contributed by atoms with Gasteiger partial charge in [-0.2, -0.15) is 10.2 Å². The van der Waals surface area contributed by atoms with Crippen molar-refractivity contribution in [1.82, 2.24) is 15.6 Å². The number of nitrogens with one attached hydrogen (secondary N) is 2. The van der Waals surface area contributed by atoms with E-state index in [1.165, 1.54) is 17.8 Å². The highest BCUT2D eigenvalue weighted by Gasteiger charge is 2.24. The molecule has 1 heterocycles. The molecule has 8 nitrogen and oxygen atoms in total. The van der Waals surface area contributed by atoms with Crippen molar-refractivity contribution in [2.24, 2.45) is 5.10 Å². The number of nitro groups is 1. The second kappa shape index (κ2) is 6.83. The van der Waals surface area contributed by atoms with E-state index in [0.29, 0.717) is 17.7 Å². The van der Waals surface area contributed by atoms with Gasteiger partial charge in [0.05, 0.1) is 22.4 Å². The van der Waals surface area contributed by atoms with Gasteiger partial charge in [-0.3, -0.25) is 20.0 Å². The van der Waals surface area contributed by atoms with Crippen LogP contribution < -0.4 is 5.43 Å². The standard InChI is InChI=1S/C19H15N5O3/c25-19(23-20-11-13-6-2-4-8-16(13)24(26)27)18-15-10-9-12-5-1-3-7-14(12)17(15)21-22-18/h1-8,11H,9-10H2,(H,21,22)(H,23,25). The number of hydrogen-bond acceptors (Lipinski definition) is 5. The number of hydrazone groups is 1. The second-order valence-corrected chi connectivity index (χ2v) is 6.10. The Kier molecular flexibility index (Phi) is 4.21. The molecule has 27 heavy (non-hydrogen) atoms. The van der Waals surface area contributed by atoms with Gasteiger partial charge < -0.3 is 0 Å². The zero-order valence-corrected chi connectivity index (χ0v) is 14.2. The fourth-order valence-electron chi connectivity index (χ4n) is 3.23. The molecule has 8 heteroatoms. The van der Waals surface area contributed by atoms with Crippen molar-refractivity contribution in [2.75, 3.05) is 0 Å². The highest BCUT2D eigenvalue weighted by molar-refractivity contribution is 5.96. The van der Waals surface area contributed by atoms with Gasteiger partial charge in [-0.15, -0.1) is 0 Å². The number of aromatic nitrogens is 2. The minimum atomic E-state index is -0.494. The van der Waals surface area contributed by atoms with Gasteiger partial charge in [-0.05, 0) is 24.5 Å². The molecule has 1 aliphatic carbocycles. The number of rotatable bonds is 4. The quantitative estimate of drug-likeness (QED) is 0.422. The van der Waals surface area contributed by atoms with E-state index in [2.05, 4.69) is 26.8 Å². The van der Waals surface area contributed by atoms with Gasteiger partial charge in [-0.25, -0.2) is 5.43 Å². The van der Waals surface area contributed by atoms with Gasteiger partial charge in [0.15, 0.2) is 0 Å². The Hall–Kier alpha value is -3.81. The lowest BCUT2D eigenvalue weighted by atomic mass is 9.89. The molecule has 3 aromatic rings. The molecule has 1 aromatic heterocycles. The SMILES string of the molecule is O=C(NN=Cc1ccccc1[N+](=O)[O-])c1[nH]nc2c1CCc1ccccc1-2. The molecule has 2 aromatic carbocycles. The molecule has 1 aliphatic rings. The van der Waals surface area contributed by atoms with E-state index < -0.39 is 10.8 Å². The molecule has 1 amide bonds. The summed E-state index contributed by atoms with van der Waals surface area (Å²) < 4.78 is 0. The third-order valence-corrected chi connectivity index (χ3v) is 4.51. The summed E-state index contributed by atoms with van der Waals surface area (Å²) in [5.74, 6) is -0.432. The molecule has 0 fully saturated rings. The van der Waals surface area contributed by atoms with E-state index in [1.54, 1.807) is 18.2 Å². The summed E-state index contributed by atoms with van der Waals surface area (Å²) in [5.41, 5.74) is 6.87. The minimum absolute atomic E-state index is 0.0778.